The van der Waals surface area contributed by atoms with Gasteiger partial charge in [-0.3, -0.25) is 4.79 Å². The fraction of sp³-hybridized carbons (Fsp3) is 0.917. The van der Waals surface area contributed by atoms with Crippen molar-refractivity contribution in [3.8, 4) is 0 Å². The third kappa shape index (κ3) is 1.60. The largest absolute Gasteiger partial charge is 0.396 e. The molecular weight excluding hydrogens is 176 g/mol. The summed E-state index contributed by atoms with van der Waals surface area (Å²) in [5.41, 5.74) is -0.167. The molecule has 0 spiro atoms. The summed E-state index contributed by atoms with van der Waals surface area (Å²) in [6, 6.07) is 0. The van der Waals surface area contributed by atoms with E-state index in [9.17, 15) is 4.79 Å². The molecule has 0 heterocycles. The lowest BCUT2D eigenvalue weighted by atomic mass is 9.63. The molecule has 0 radical (unpaired) electrons. The molecule has 1 saturated carbocycles. The molecule has 0 aliphatic heterocycles. The summed E-state index contributed by atoms with van der Waals surface area (Å²) in [6.07, 6.45) is 4.28. The highest BCUT2D eigenvalue weighted by molar-refractivity contribution is 5.88. The number of carbonyl (C=O) groups is 1. The highest BCUT2D eigenvalue weighted by atomic mass is 16.3. The number of aliphatic hydroxyl groups is 1. The maximum absolute atomic E-state index is 12.0. The third-order valence-electron chi connectivity index (χ3n) is 4.02. The van der Waals surface area contributed by atoms with Crippen molar-refractivity contribution in [3.63, 3.8) is 0 Å². The van der Waals surface area contributed by atoms with Gasteiger partial charge in [-0.2, -0.15) is 0 Å². The zero-order chi connectivity index (χ0) is 10.8. The summed E-state index contributed by atoms with van der Waals surface area (Å²) in [5.74, 6) is 0.374. The van der Waals surface area contributed by atoms with Crippen molar-refractivity contribution in [2.24, 2.45) is 10.8 Å². The van der Waals surface area contributed by atoms with Gasteiger partial charge < -0.3 is 5.11 Å². The molecule has 0 bridgehead atoms. The van der Waals surface area contributed by atoms with Crippen molar-refractivity contribution >= 4 is 5.78 Å². The Bertz CT molecular complexity index is 212. The summed E-state index contributed by atoms with van der Waals surface area (Å²) < 4.78 is 0. The fourth-order valence-corrected chi connectivity index (χ4v) is 2.98. The van der Waals surface area contributed by atoms with E-state index in [1.54, 1.807) is 0 Å². The van der Waals surface area contributed by atoms with Gasteiger partial charge in [0, 0.05) is 18.4 Å². The van der Waals surface area contributed by atoms with Crippen LogP contribution in [0.4, 0.5) is 0 Å². The Balaban J connectivity index is 2.97. The van der Waals surface area contributed by atoms with Gasteiger partial charge in [0.2, 0.25) is 0 Å². The number of hydrogen-bond donors (Lipinski definition) is 1. The van der Waals surface area contributed by atoms with Crippen molar-refractivity contribution in [1.82, 2.24) is 0 Å². The number of carbonyl (C=O) groups excluding carboxylic acids is 1. The SMILES string of the molecule is CCCC1(CCO)C(=O)CCC1(C)C. The van der Waals surface area contributed by atoms with E-state index in [4.69, 9.17) is 5.11 Å². The average Bonchev–Trinajstić information content (AvgIpc) is 2.32. The molecule has 0 aromatic rings. The van der Waals surface area contributed by atoms with Crippen LogP contribution in [0, 0.1) is 10.8 Å². The number of ketones is 1. The lowest BCUT2D eigenvalue weighted by molar-refractivity contribution is -0.131. The normalized spacial score (nSPS) is 31.0. The van der Waals surface area contributed by atoms with Gasteiger partial charge in [-0.25, -0.2) is 0 Å². The minimum absolute atomic E-state index is 0.0722. The molecule has 1 unspecified atom stereocenters. The van der Waals surface area contributed by atoms with Crippen LogP contribution >= 0.6 is 0 Å². The van der Waals surface area contributed by atoms with Gasteiger partial charge in [0.1, 0.15) is 5.78 Å². The Morgan fingerprint density at radius 1 is 1.36 bits per heavy atom. The highest BCUT2D eigenvalue weighted by Gasteiger charge is 2.53. The van der Waals surface area contributed by atoms with E-state index in [-0.39, 0.29) is 17.4 Å². The second kappa shape index (κ2) is 4.01. The first-order valence-corrected chi connectivity index (χ1v) is 5.64. The summed E-state index contributed by atoms with van der Waals surface area (Å²) in [6.45, 7) is 6.59. The second-order valence-corrected chi connectivity index (χ2v) is 5.11. The summed E-state index contributed by atoms with van der Waals surface area (Å²) in [5, 5.41) is 9.12. The Morgan fingerprint density at radius 3 is 2.36 bits per heavy atom. The Kier molecular flexibility index (Phi) is 3.36. The summed E-state index contributed by atoms with van der Waals surface area (Å²) >= 11 is 0. The van der Waals surface area contributed by atoms with Crippen LogP contribution in [0.15, 0.2) is 0 Å². The second-order valence-electron chi connectivity index (χ2n) is 5.11. The van der Waals surface area contributed by atoms with Crippen molar-refractivity contribution in [1.29, 1.82) is 0 Å². The molecule has 1 atom stereocenters. The third-order valence-corrected chi connectivity index (χ3v) is 4.02. The number of Topliss-reactive ketones (excluding diaryl/α,β-unsaturated/α-hetero) is 1. The van der Waals surface area contributed by atoms with Gasteiger partial charge in [0.25, 0.3) is 0 Å². The maximum atomic E-state index is 12.0. The van der Waals surface area contributed by atoms with Crippen LogP contribution < -0.4 is 0 Å². The molecule has 1 aliphatic rings. The van der Waals surface area contributed by atoms with Gasteiger partial charge >= 0.3 is 0 Å². The number of hydrogen-bond acceptors (Lipinski definition) is 2. The number of rotatable bonds is 4. The van der Waals surface area contributed by atoms with Crippen molar-refractivity contribution in [2.75, 3.05) is 6.61 Å². The van der Waals surface area contributed by atoms with Crippen LogP contribution in [-0.4, -0.2) is 17.5 Å². The molecular formula is C12H22O2. The van der Waals surface area contributed by atoms with Crippen molar-refractivity contribution in [3.05, 3.63) is 0 Å². The molecule has 14 heavy (non-hydrogen) atoms. The van der Waals surface area contributed by atoms with Crippen molar-refractivity contribution < 1.29 is 9.90 Å². The van der Waals surface area contributed by atoms with Gasteiger partial charge in [0.05, 0.1) is 0 Å². The summed E-state index contributed by atoms with van der Waals surface area (Å²) in [4.78, 5) is 12.0. The lowest BCUT2D eigenvalue weighted by Crippen LogP contribution is -2.39. The molecule has 2 nitrogen and oxygen atoms in total. The van der Waals surface area contributed by atoms with Gasteiger partial charge in [-0.15, -0.1) is 0 Å². The molecule has 1 N–H and O–H groups in total. The van der Waals surface area contributed by atoms with Crippen LogP contribution in [0.2, 0.25) is 0 Å². The smallest absolute Gasteiger partial charge is 0.139 e. The maximum Gasteiger partial charge on any atom is 0.139 e. The highest BCUT2D eigenvalue weighted by Crippen LogP contribution is 2.54. The van der Waals surface area contributed by atoms with E-state index in [2.05, 4.69) is 20.8 Å². The van der Waals surface area contributed by atoms with E-state index < -0.39 is 0 Å². The molecule has 0 aromatic carbocycles. The van der Waals surface area contributed by atoms with E-state index in [1.165, 1.54) is 0 Å². The molecule has 0 aromatic heterocycles. The van der Waals surface area contributed by atoms with E-state index in [0.29, 0.717) is 18.6 Å². The Labute approximate surface area is 86.7 Å². The molecule has 82 valence electrons. The fourth-order valence-electron chi connectivity index (χ4n) is 2.98. The average molecular weight is 198 g/mol. The molecule has 0 amide bonds. The summed E-state index contributed by atoms with van der Waals surface area (Å²) in [7, 11) is 0. The van der Waals surface area contributed by atoms with E-state index in [1.807, 2.05) is 0 Å². The van der Waals surface area contributed by atoms with Crippen LogP contribution in [0.5, 0.6) is 0 Å². The molecule has 0 saturated heterocycles. The topological polar surface area (TPSA) is 37.3 Å². The molecule has 1 fully saturated rings. The molecule has 1 rings (SSSR count). The molecule has 2 heteroatoms. The van der Waals surface area contributed by atoms with Crippen molar-refractivity contribution in [2.45, 2.75) is 52.9 Å². The first-order chi connectivity index (χ1) is 6.50. The predicted octanol–water partition coefficient (Wildman–Crippen LogP) is 2.54. The number of aliphatic hydroxyl groups excluding tert-OH is 1. The quantitative estimate of drug-likeness (QED) is 0.753. The van der Waals surface area contributed by atoms with E-state index in [0.717, 1.165) is 19.3 Å². The minimum atomic E-state index is -0.240. The lowest BCUT2D eigenvalue weighted by Gasteiger charge is -2.40. The first kappa shape index (κ1) is 11.7. The standard InChI is InChI=1S/C12H22O2/c1-4-6-12(8-9-13)10(14)5-7-11(12,2)3/h13H,4-9H2,1-3H3. The zero-order valence-electron chi connectivity index (χ0n) is 9.60. The van der Waals surface area contributed by atoms with Gasteiger partial charge in [0.15, 0.2) is 0 Å². The van der Waals surface area contributed by atoms with Crippen LogP contribution in [0.25, 0.3) is 0 Å². The Hall–Kier alpha value is -0.370. The van der Waals surface area contributed by atoms with Crippen LogP contribution in [-0.2, 0) is 4.79 Å². The van der Waals surface area contributed by atoms with Gasteiger partial charge in [-0.05, 0) is 24.7 Å². The zero-order valence-corrected chi connectivity index (χ0v) is 9.60. The molecule has 1 aliphatic carbocycles. The van der Waals surface area contributed by atoms with Crippen LogP contribution in [0.3, 0.4) is 0 Å². The monoisotopic (exact) mass is 198 g/mol. The first-order valence-electron chi connectivity index (χ1n) is 5.64. The van der Waals surface area contributed by atoms with Crippen LogP contribution in [0.1, 0.15) is 52.9 Å². The van der Waals surface area contributed by atoms with Gasteiger partial charge in [-0.1, -0.05) is 27.2 Å². The predicted molar refractivity (Wildman–Crippen MR) is 57.1 cm³/mol. The van der Waals surface area contributed by atoms with E-state index >= 15 is 0 Å². The minimum Gasteiger partial charge on any atom is -0.396 e. The Morgan fingerprint density at radius 2 is 2.00 bits per heavy atom.